The molecular weight excluding hydrogens is 164 g/mol. The van der Waals surface area contributed by atoms with Crippen LogP contribution in [0.4, 0.5) is 0 Å². The highest BCUT2D eigenvalue weighted by Gasteiger charge is 2.32. The molecule has 76 valence electrons. The maximum atomic E-state index is 11.7. The quantitative estimate of drug-likeness (QED) is 0.688. The molecule has 3 heteroatoms. The van der Waals surface area contributed by atoms with Crippen LogP contribution in [-0.2, 0) is 4.79 Å². The van der Waals surface area contributed by atoms with E-state index in [1.54, 1.807) is 0 Å². The molecule has 0 saturated heterocycles. The molecule has 1 atom stereocenters. The van der Waals surface area contributed by atoms with Crippen LogP contribution in [0.2, 0.25) is 0 Å². The summed E-state index contributed by atoms with van der Waals surface area (Å²) in [5.74, 6) is 1.09. The van der Waals surface area contributed by atoms with E-state index in [1.807, 2.05) is 11.8 Å². The molecule has 13 heavy (non-hydrogen) atoms. The van der Waals surface area contributed by atoms with Crippen molar-refractivity contribution < 1.29 is 4.79 Å². The Morgan fingerprint density at radius 2 is 2.23 bits per heavy atom. The summed E-state index contributed by atoms with van der Waals surface area (Å²) in [6, 6.07) is 0. The van der Waals surface area contributed by atoms with Gasteiger partial charge in [-0.1, -0.05) is 6.92 Å². The zero-order chi connectivity index (χ0) is 9.84. The van der Waals surface area contributed by atoms with Crippen LogP contribution < -0.4 is 5.73 Å². The molecule has 0 spiro atoms. The highest BCUT2D eigenvalue weighted by Crippen LogP contribution is 2.31. The van der Waals surface area contributed by atoms with Crippen molar-refractivity contribution >= 4 is 5.91 Å². The fraction of sp³-hybridized carbons (Fsp3) is 0.900. The Kier molecular flexibility index (Phi) is 3.72. The van der Waals surface area contributed by atoms with Crippen molar-refractivity contribution in [3.63, 3.8) is 0 Å². The zero-order valence-corrected chi connectivity index (χ0v) is 8.62. The fourth-order valence-corrected chi connectivity index (χ4v) is 1.41. The largest absolute Gasteiger partial charge is 0.342 e. The second kappa shape index (κ2) is 4.61. The Balaban J connectivity index is 2.36. The van der Waals surface area contributed by atoms with E-state index in [1.165, 1.54) is 0 Å². The van der Waals surface area contributed by atoms with Gasteiger partial charge in [0.1, 0.15) is 0 Å². The zero-order valence-electron chi connectivity index (χ0n) is 8.62. The first-order valence-electron chi connectivity index (χ1n) is 5.17. The van der Waals surface area contributed by atoms with Gasteiger partial charge in [0.15, 0.2) is 0 Å². The van der Waals surface area contributed by atoms with Crippen LogP contribution in [0.15, 0.2) is 0 Å². The summed E-state index contributed by atoms with van der Waals surface area (Å²) in [6.07, 6.45) is 2.18. The van der Waals surface area contributed by atoms with Crippen molar-refractivity contribution in [1.82, 2.24) is 4.90 Å². The Hall–Kier alpha value is -0.570. The number of hydrogen-bond donors (Lipinski definition) is 1. The van der Waals surface area contributed by atoms with E-state index in [-0.39, 0.29) is 0 Å². The molecule has 0 radical (unpaired) electrons. The summed E-state index contributed by atoms with van der Waals surface area (Å²) < 4.78 is 0. The van der Waals surface area contributed by atoms with Crippen LogP contribution in [-0.4, -0.2) is 30.4 Å². The number of hydrogen-bond acceptors (Lipinski definition) is 2. The van der Waals surface area contributed by atoms with Gasteiger partial charge < -0.3 is 10.6 Å². The molecule has 0 aromatic heterocycles. The molecule has 1 rings (SSSR count). The fourth-order valence-electron chi connectivity index (χ4n) is 1.41. The number of carbonyl (C=O) groups is 1. The molecule has 1 amide bonds. The van der Waals surface area contributed by atoms with Gasteiger partial charge in [-0.2, -0.15) is 0 Å². The molecule has 1 saturated carbocycles. The van der Waals surface area contributed by atoms with E-state index < -0.39 is 0 Å². The first kappa shape index (κ1) is 10.5. The minimum absolute atomic E-state index is 0.336. The predicted molar refractivity (Wildman–Crippen MR) is 53.2 cm³/mol. The molecule has 1 aliphatic carbocycles. The van der Waals surface area contributed by atoms with Gasteiger partial charge in [0, 0.05) is 19.0 Å². The molecule has 2 N–H and O–H groups in total. The van der Waals surface area contributed by atoms with Gasteiger partial charge in [-0.3, -0.25) is 4.79 Å². The molecule has 1 fully saturated rings. The third kappa shape index (κ3) is 2.99. The predicted octanol–water partition coefficient (Wildman–Crippen LogP) is 0.840. The normalized spacial score (nSPS) is 18.4. The lowest BCUT2D eigenvalue weighted by Crippen LogP contribution is -2.37. The second-order valence-electron chi connectivity index (χ2n) is 3.99. The lowest BCUT2D eigenvalue weighted by Gasteiger charge is -2.23. The smallest absolute Gasteiger partial charge is 0.225 e. The maximum absolute atomic E-state index is 11.7. The van der Waals surface area contributed by atoms with Crippen molar-refractivity contribution in [2.24, 2.45) is 17.6 Å². The second-order valence-corrected chi connectivity index (χ2v) is 3.99. The van der Waals surface area contributed by atoms with Gasteiger partial charge in [0.05, 0.1) is 0 Å². The molecular formula is C10H20N2O. The van der Waals surface area contributed by atoms with Gasteiger partial charge in [-0.05, 0) is 32.2 Å². The van der Waals surface area contributed by atoms with Crippen LogP contribution >= 0.6 is 0 Å². The van der Waals surface area contributed by atoms with E-state index in [2.05, 4.69) is 6.92 Å². The Labute approximate surface area is 80.3 Å². The van der Waals surface area contributed by atoms with Crippen LogP contribution in [0.5, 0.6) is 0 Å². The Morgan fingerprint density at radius 3 is 2.62 bits per heavy atom. The summed E-state index contributed by atoms with van der Waals surface area (Å²) >= 11 is 0. The lowest BCUT2D eigenvalue weighted by molar-refractivity contribution is -0.132. The average molecular weight is 184 g/mol. The summed E-state index contributed by atoms with van der Waals surface area (Å²) in [4.78, 5) is 13.6. The maximum Gasteiger partial charge on any atom is 0.225 e. The van der Waals surface area contributed by atoms with Gasteiger partial charge in [0.2, 0.25) is 5.91 Å². The monoisotopic (exact) mass is 184 g/mol. The molecule has 0 aromatic rings. The highest BCUT2D eigenvalue weighted by atomic mass is 16.2. The lowest BCUT2D eigenvalue weighted by atomic mass is 10.1. The number of nitrogens with zero attached hydrogens (tertiary/aromatic N) is 1. The first-order valence-corrected chi connectivity index (χ1v) is 5.17. The van der Waals surface area contributed by atoms with Gasteiger partial charge in [-0.15, -0.1) is 0 Å². The summed E-state index contributed by atoms with van der Waals surface area (Å²) in [5.41, 5.74) is 5.53. The average Bonchev–Trinajstić information content (AvgIpc) is 2.95. The summed E-state index contributed by atoms with van der Waals surface area (Å²) in [5, 5.41) is 0. The summed E-state index contributed by atoms with van der Waals surface area (Å²) in [6.45, 7) is 6.42. The topological polar surface area (TPSA) is 46.3 Å². The van der Waals surface area contributed by atoms with Crippen molar-refractivity contribution in [3.05, 3.63) is 0 Å². The van der Waals surface area contributed by atoms with Crippen molar-refractivity contribution in [2.75, 3.05) is 19.6 Å². The SMILES string of the molecule is CCN(CC(C)CN)C(=O)C1CC1. The van der Waals surface area contributed by atoms with E-state index >= 15 is 0 Å². The van der Waals surface area contributed by atoms with E-state index in [9.17, 15) is 4.79 Å². The van der Waals surface area contributed by atoms with Crippen LogP contribution in [0, 0.1) is 11.8 Å². The van der Waals surface area contributed by atoms with Crippen molar-refractivity contribution in [1.29, 1.82) is 0 Å². The molecule has 1 unspecified atom stereocenters. The third-order valence-corrected chi connectivity index (χ3v) is 2.55. The minimum Gasteiger partial charge on any atom is -0.342 e. The van der Waals surface area contributed by atoms with Crippen molar-refractivity contribution in [3.8, 4) is 0 Å². The molecule has 1 aliphatic rings. The molecule has 0 heterocycles. The molecule has 0 aliphatic heterocycles. The number of nitrogens with two attached hydrogens (primary N) is 1. The van der Waals surface area contributed by atoms with Gasteiger partial charge >= 0.3 is 0 Å². The number of carbonyl (C=O) groups excluding carboxylic acids is 1. The molecule has 0 bridgehead atoms. The minimum atomic E-state index is 0.336. The van der Waals surface area contributed by atoms with E-state index in [0.29, 0.717) is 24.3 Å². The Morgan fingerprint density at radius 1 is 1.62 bits per heavy atom. The summed E-state index contributed by atoms with van der Waals surface area (Å²) in [7, 11) is 0. The van der Waals surface area contributed by atoms with Crippen LogP contribution in [0.1, 0.15) is 26.7 Å². The number of amides is 1. The first-order chi connectivity index (χ1) is 6.19. The van der Waals surface area contributed by atoms with Crippen LogP contribution in [0.25, 0.3) is 0 Å². The van der Waals surface area contributed by atoms with Gasteiger partial charge in [0.25, 0.3) is 0 Å². The molecule has 0 aromatic carbocycles. The van der Waals surface area contributed by atoms with Crippen molar-refractivity contribution in [2.45, 2.75) is 26.7 Å². The van der Waals surface area contributed by atoms with Crippen LogP contribution in [0.3, 0.4) is 0 Å². The standard InChI is InChI=1S/C10H20N2O/c1-3-12(7-8(2)6-11)10(13)9-4-5-9/h8-9H,3-7,11H2,1-2H3. The van der Waals surface area contributed by atoms with Gasteiger partial charge in [-0.25, -0.2) is 0 Å². The number of rotatable bonds is 5. The van der Waals surface area contributed by atoms with E-state index in [0.717, 1.165) is 25.9 Å². The highest BCUT2D eigenvalue weighted by molar-refractivity contribution is 5.81. The molecule has 3 nitrogen and oxygen atoms in total. The third-order valence-electron chi connectivity index (χ3n) is 2.55. The Bertz CT molecular complexity index is 178. The van der Waals surface area contributed by atoms with E-state index in [4.69, 9.17) is 5.73 Å².